The van der Waals surface area contributed by atoms with Crippen molar-refractivity contribution in [3.63, 3.8) is 0 Å². The van der Waals surface area contributed by atoms with Crippen molar-refractivity contribution < 1.29 is 13.6 Å². The number of aryl methyl sites for hydroxylation is 1. The van der Waals surface area contributed by atoms with Gasteiger partial charge < -0.3 is 4.90 Å². The van der Waals surface area contributed by atoms with Crippen molar-refractivity contribution in [3.05, 3.63) is 81.1 Å². The molecule has 3 heterocycles. The molecule has 2 aliphatic rings. The lowest BCUT2D eigenvalue weighted by atomic mass is 9.86. The second-order valence-corrected chi connectivity index (χ2v) is 12.6. The Kier molecular flexibility index (Phi) is 7.79. The Balaban J connectivity index is 1.34. The van der Waals surface area contributed by atoms with Gasteiger partial charge in [-0.05, 0) is 76.4 Å². The molecule has 2 atom stereocenters. The average molecular weight is 576 g/mol. The summed E-state index contributed by atoms with van der Waals surface area (Å²) in [6, 6.07) is 11.3. The molecule has 0 radical (unpaired) electrons. The van der Waals surface area contributed by atoms with E-state index >= 15 is 0 Å². The predicted molar refractivity (Wildman–Crippen MR) is 151 cm³/mol. The Labute approximate surface area is 238 Å². The van der Waals surface area contributed by atoms with Gasteiger partial charge in [-0.15, -0.1) is 0 Å². The summed E-state index contributed by atoms with van der Waals surface area (Å²) in [6.07, 6.45) is 1.59. The van der Waals surface area contributed by atoms with Gasteiger partial charge in [0.2, 0.25) is 5.91 Å². The fourth-order valence-electron chi connectivity index (χ4n) is 5.98. The molecule has 2 aromatic carbocycles. The number of carbonyl (C=O) groups is 1. The molecule has 0 aliphatic carbocycles. The van der Waals surface area contributed by atoms with Crippen molar-refractivity contribution >= 4 is 29.1 Å². The zero-order chi connectivity index (χ0) is 28.1. The van der Waals surface area contributed by atoms with E-state index in [0.29, 0.717) is 41.8 Å². The maximum atomic E-state index is 14.9. The highest BCUT2D eigenvalue weighted by molar-refractivity contribution is 6.42. The van der Waals surface area contributed by atoms with E-state index < -0.39 is 11.6 Å². The molecule has 208 valence electrons. The Morgan fingerprint density at radius 1 is 0.974 bits per heavy atom. The molecular weight excluding hydrogens is 541 g/mol. The minimum Gasteiger partial charge on any atom is -0.342 e. The van der Waals surface area contributed by atoms with Crippen LogP contribution in [0, 0.1) is 24.5 Å². The van der Waals surface area contributed by atoms with Crippen LogP contribution in [0.2, 0.25) is 10.0 Å². The molecule has 3 aromatic rings. The Hall–Kier alpha value is -2.48. The lowest BCUT2D eigenvalue weighted by Crippen LogP contribution is -2.44. The first-order chi connectivity index (χ1) is 18.4. The van der Waals surface area contributed by atoms with Crippen molar-refractivity contribution in [1.29, 1.82) is 0 Å². The van der Waals surface area contributed by atoms with Crippen molar-refractivity contribution in [2.75, 3.05) is 26.2 Å². The Morgan fingerprint density at radius 3 is 2.33 bits per heavy atom. The van der Waals surface area contributed by atoms with E-state index in [4.69, 9.17) is 28.3 Å². The SMILES string of the molecule is Cc1cc(C2CCN(C(=O)[C@@H]3CN(C(C)(C)C)CC3c3ccc(F)cc3F)CC2)n(-c2ccc(Cl)c(Cl)c2)n1. The van der Waals surface area contributed by atoms with Crippen molar-refractivity contribution in [1.82, 2.24) is 19.6 Å². The average Bonchev–Trinajstić information content (AvgIpc) is 3.50. The summed E-state index contributed by atoms with van der Waals surface area (Å²) in [5.41, 5.74) is 3.09. The van der Waals surface area contributed by atoms with Crippen molar-refractivity contribution in [3.8, 4) is 5.69 Å². The number of carbonyl (C=O) groups excluding carboxylic acids is 1. The molecule has 0 bridgehead atoms. The summed E-state index contributed by atoms with van der Waals surface area (Å²) < 4.78 is 30.4. The van der Waals surface area contributed by atoms with Crippen LogP contribution in [0.1, 0.15) is 62.4 Å². The molecule has 5 nitrogen and oxygen atoms in total. The first-order valence-electron chi connectivity index (χ1n) is 13.4. The molecule has 2 aliphatic heterocycles. The molecule has 1 unspecified atom stereocenters. The normalized spacial score (nSPS) is 21.1. The van der Waals surface area contributed by atoms with Crippen LogP contribution in [0.4, 0.5) is 8.78 Å². The molecular formula is C30H34Cl2F2N4O. The van der Waals surface area contributed by atoms with Crippen LogP contribution >= 0.6 is 23.2 Å². The zero-order valence-electron chi connectivity index (χ0n) is 22.7. The van der Waals surface area contributed by atoms with Gasteiger partial charge in [0, 0.05) is 55.3 Å². The summed E-state index contributed by atoms with van der Waals surface area (Å²) in [6.45, 7) is 10.6. The first kappa shape index (κ1) is 28.1. The van der Waals surface area contributed by atoms with Crippen molar-refractivity contribution in [2.45, 2.75) is 57.9 Å². The molecule has 5 rings (SSSR count). The molecule has 9 heteroatoms. The fourth-order valence-corrected chi connectivity index (χ4v) is 6.28. The van der Waals surface area contributed by atoms with Crippen LogP contribution in [-0.2, 0) is 4.79 Å². The van der Waals surface area contributed by atoms with Crippen LogP contribution in [-0.4, -0.2) is 57.2 Å². The summed E-state index contributed by atoms with van der Waals surface area (Å²) in [7, 11) is 0. The van der Waals surface area contributed by atoms with E-state index in [0.717, 1.165) is 36.0 Å². The first-order valence-corrected chi connectivity index (χ1v) is 14.2. The third kappa shape index (κ3) is 5.72. The molecule has 0 N–H and O–H groups in total. The third-order valence-electron chi connectivity index (χ3n) is 8.18. The maximum absolute atomic E-state index is 14.9. The third-order valence-corrected chi connectivity index (χ3v) is 8.92. The van der Waals surface area contributed by atoms with Gasteiger partial charge in [-0.25, -0.2) is 13.5 Å². The van der Waals surface area contributed by atoms with E-state index in [1.807, 2.05) is 28.6 Å². The van der Waals surface area contributed by atoms with Crippen molar-refractivity contribution in [2.24, 2.45) is 5.92 Å². The molecule has 0 spiro atoms. The Bertz CT molecular complexity index is 1380. The van der Waals surface area contributed by atoms with E-state index in [2.05, 4.69) is 31.7 Å². The van der Waals surface area contributed by atoms with Gasteiger partial charge in [-0.3, -0.25) is 9.69 Å². The van der Waals surface area contributed by atoms with E-state index in [-0.39, 0.29) is 29.2 Å². The van der Waals surface area contributed by atoms with Crippen LogP contribution in [0.15, 0.2) is 42.5 Å². The van der Waals surface area contributed by atoms with Gasteiger partial charge in [0.05, 0.1) is 27.3 Å². The van der Waals surface area contributed by atoms with Gasteiger partial charge in [0.15, 0.2) is 0 Å². The second-order valence-electron chi connectivity index (χ2n) is 11.8. The van der Waals surface area contributed by atoms with Gasteiger partial charge in [-0.1, -0.05) is 29.3 Å². The standard InChI is InChI=1S/C30H34Cl2F2N4O/c1-18-13-28(38(35-18)21-6-8-25(31)26(32)15-21)19-9-11-36(12-10-19)29(39)24-17-37(30(2,3)4)16-23(24)22-7-5-20(33)14-27(22)34/h5-8,13-15,19,23-24H,9-12,16-17H2,1-4H3/t23?,24-/m1/s1. The van der Waals surface area contributed by atoms with Crippen LogP contribution in [0.3, 0.4) is 0 Å². The predicted octanol–water partition coefficient (Wildman–Crippen LogP) is 6.99. The van der Waals surface area contributed by atoms with E-state index in [1.165, 1.54) is 12.1 Å². The largest absolute Gasteiger partial charge is 0.342 e. The van der Waals surface area contributed by atoms with Crippen LogP contribution < -0.4 is 0 Å². The van der Waals surface area contributed by atoms with E-state index in [1.54, 1.807) is 6.07 Å². The molecule has 2 saturated heterocycles. The van der Waals surface area contributed by atoms with E-state index in [9.17, 15) is 13.6 Å². The van der Waals surface area contributed by atoms with Gasteiger partial charge >= 0.3 is 0 Å². The number of piperidine rings is 1. The fraction of sp³-hybridized carbons (Fsp3) is 0.467. The lowest BCUT2D eigenvalue weighted by molar-refractivity contribution is -0.136. The van der Waals surface area contributed by atoms with Gasteiger partial charge in [-0.2, -0.15) is 5.10 Å². The summed E-state index contributed by atoms with van der Waals surface area (Å²) in [5.74, 6) is -1.63. The number of benzene rings is 2. The number of nitrogens with zero attached hydrogens (tertiary/aromatic N) is 4. The lowest BCUT2D eigenvalue weighted by Gasteiger charge is -2.35. The molecule has 0 saturated carbocycles. The number of likely N-dealkylation sites (tertiary alicyclic amines) is 2. The van der Waals surface area contributed by atoms with Gasteiger partial charge in [0.25, 0.3) is 0 Å². The van der Waals surface area contributed by atoms with Crippen LogP contribution in [0.5, 0.6) is 0 Å². The summed E-state index contributed by atoms with van der Waals surface area (Å²) in [5, 5.41) is 5.67. The monoisotopic (exact) mass is 574 g/mol. The minimum atomic E-state index is -0.609. The maximum Gasteiger partial charge on any atom is 0.227 e. The molecule has 1 aromatic heterocycles. The number of amides is 1. The number of rotatable bonds is 4. The number of hydrogen-bond donors (Lipinski definition) is 0. The number of halogens is 4. The highest BCUT2D eigenvalue weighted by atomic mass is 35.5. The zero-order valence-corrected chi connectivity index (χ0v) is 24.2. The van der Waals surface area contributed by atoms with Gasteiger partial charge in [0.1, 0.15) is 11.6 Å². The summed E-state index contributed by atoms with van der Waals surface area (Å²) in [4.78, 5) is 18.1. The minimum absolute atomic E-state index is 0.0445. The highest BCUT2D eigenvalue weighted by Gasteiger charge is 2.44. The molecule has 1 amide bonds. The second kappa shape index (κ2) is 10.8. The van der Waals surface area contributed by atoms with Crippen LogP contribution in [0.25, 0.3) is 5.69 Å². The summed E-state index contributed by atoms with van der Waals surface area (Å²) >= 11 is 12.4. The highest BCUT2D eigenvalue weighted by Crippen LogP contribution is 2.40. The number of aromatic nitrogens is 2. The quantitative estimate of drug-likeness (QED) is 0.337. The number of hydrogen-bond acceptors (Lipinski definition) is 3. The Morgan fingerprint density at radius 2 is 1.69 bits per heavy atom. The molecule has 2 fully saturated rings. The topological polar surface area (TPSA) is 41.4 Å². The smallest absolute Gasteiger partial charge is 0.227 e. The molecule has 39 heavy (non-hydrogen) atoms.